The van der Waals surface area contributed by atoms with E-state index in [4.69, 9.17) is 0 Å². The molecule has 0 aromatic heterocycles. The summed E-state index contributed by atoms with van der Waals surface area (Å²) in [6.07, 6.45) is 0. The summed E-state index contributed by atoms with van der Waals surface area (Å²) in [6, 6.07) is 12.4. The first-order valence-electron chi connectivity index (χ1n) is 7.11. The van der Waals surface area contributed by atoms with E-state index in [2.05, 4.69) is 31.9 Å². The quantitative estimate of drug-likeness (QED) is 0.760. The maximum Gasteiger partial charge on any atom is 0.325 e. The van der Waals surface area contributed by atoms with Crippen molar-refractivity contribution in [2.45, 2.75) is 13.8 Å². The molecule has 6 heteroatoms. The number of imide groups is 1. The SMILES string of the molecule is Cc1ccc(NC(=O)NC(=O)CNc2ccc(Br)cc2)cc1C. The highest BCUT2D eigenvalue weighted by atomic mass is 79.9. The van der Waals surface area contributed by atoms with Crippen molar-refractivity contribution in [2.75, 3.05) is 17.2 Å². The fraction of sp³-hybridized carbons (Fsp3) is 0.176. The first-order valence-corrected chi connectivity index (χ1v) is 7.91. The number of amides is 3. The number of nitrogens with one attached hydrogen (secondary N) is 3. The molecule has 2 aromatic rings. The molecule has 3 amide bonds. The van der Waals surface area contributed by atoms with Gasteiger partial charge in [-0.05, 0) is 61.4 Å². The van der Waals surface area contributed by atoms with E-state index in [1.165, 1.54) is 0 Å². The third-order valence-electron chi connectivity index (χ3n) is 3.32. The molecule has 0 heterocycles. The van der Waals surface area contributed by atoms with Crippen LogP contribution in [0.2, 0.25) is 0 Å². The molecule has 0 saturated heterocycles. The summed E-state index contributed by atoms with van der Waals surface area (Å²) in [5.74, 6) is -0.408. The molecule has 23 heavy (non-hydrogen) atoms. The van der Waals surface area contributed by atoms with Gasteiger partial charge in [0.05, 0.1) is 6.54 Å². The molecule has 0 saturated carbocycles. The van der Waals surface area contributed by atoms with Crippen LogP contribution in [-0.2, 0) is 4.79 Å². The number of hydrogen-bond donors (Lipinski definition) is 3. The Bertz CT molecular complexity index is 714. The predicted octanol–water partition coefficient (Wildman–Crippen LogP) is 3.83. The van der Waals surface area contributed by atoms with Crippen molar-refractivity contribution in [3.8, 4) is 0 Å². The Morgan fingerprint density at radius 2 is 1.61 bits per heavy atom. The third kappa shape index (κ3) is 5.41. The summed E-state index contributed by atoms with van der Waals surface area (Å²) in [7, 11) is 0. The number of carbonyl (C=O) groups excluding carboxylic acids is 2. The average molecular weight is 376 g/mol. The molecule has 0 unspecified atom stereocenters. The van der Waals surface area contributed by atoms with Gasteiger partial charge in [-0.2, -0.15) is 0 Å². The Balaban J connectivity index is 1.81. The summed E-state index contributed by atoms with van der Waals surface area (Å²) in [6.45, 7) is 3.98. The van der Waals surface area contributed by atoms with E-state index in [1.807, 2.05) is 50.2 Å². The molecule has 2 rings (SSSR count). The van der Waals surface area contributed by atoms with Crippen LogP contribution in [0.15, 0.2) is 46.9 Å². The Morgan fingerprint density at radius 3 is 2.26 bits per heavy atom. The number of hydrogen-bond acceptors (Lipinski definition) is 3. The van der Waals surface area contributed by atoms with Gasteiger partial charge in [0.2, 0.25) is 5.91 Å². The number of rotatable bonds is 4. The topological polar surface area (TPSA) is 70.2 Å². The van der Waals surface area contributed by atoms with E-state index in [0.29, 0.717) is 5.69 Å². The van der Waals surface area contributed by atoms with Crippen LogP contribution in [-0.4, -0.2) is 18.5 Å². The van der Waals surface area contributed by atoms with Crippen LogP contribution in [0.25, 0.3) is 0 Å². The van der Waals surface area contributed by atoms with Crippen molar-refractivity contribution in [2.24, 2.45) is 0 Å². The Hall–Kier alpha value is -2.34. The van der Waals surface area contributed by atoms with Gasteiger partial charge in [-0.25, -0.2) is 4.79 Å². The molecule has 0 aliphatic rings. The van der Waals surface area contributed by atoms with Crippen LogP contribution < -0.4 is 16.0 Å². The van der Waals surface area contributed by atoms with Gasteiger partial charge in [-0.3, -0.25) is 10.1 Å². The first-order chi connectivity index (χ1) is 10.9. The number of halogens is 1. The maximum absolute atomic E-state index is 11.8. The zero-order chi connectivity index (χ0) is 16.8. The highest BCUT2D eigenvalue weighted by Gasteiger charge is 2.08. The van der Waals surface area contributed by atoms with Gasteiger partial charge in [-0.1, -0.05) is 22.0 Å². The molecule has 0 radical (unpaired) electrons. The maximum atomic E-state index is 11.8. The lowest BCUT2D eigenvalue weighted by Crippen LogP contribution is -2.37. The average Bonchev–Trinajstić information content (AvgIpc) is 2.50. The Labute approximate surface area is 143 Å². The molecule has 3 N–H and O–H groups in total. The van der Waals surface area contributed by atoms with Crippen molar-refractivity contribution in [1.29, 1.82) is 0 Å². The molecule has 0 aliphatic heterocycles. The standard InChI is InChI=1S/C17H18BrN3O2/c1-11-3-6-15(9-12(11)2)20-17(23)21-16(22)10-19-14-7-4-13(18)5-8-14/h3-9,19H,10H2,1-2H3,(H2,20,21,22,23). The minimum atomic E-state index is -0.546. The lowest BCUT2D eigenvalue weighted by atomic mass is 10.1. The highest BCUT2D eigenvalue weighted by Crippen LogP contribution is 2.14. The second-order valence-electron chi connectivity index (χ2n) is 5.16. The van der Waals surface area contributed by atoms with E-state index in [-0.39, 0.29) is 6.54 Å². The smallest absolute Gasteiger partial charge is 0.325 e. The second kappa shape index (κ2) is 7.78. The van der Waals surface area contributed by atoms with Crippen molar-refractivity contribution >= 4 is 39.2 Å². The van der Waals surface area contributed by atoms with Crippen molar-refractivity contribution < 1.29 is 9.59 Å². The van der Waals surface area contributed by atoms with E-state index >= 15 is 0 Å². The third-order valence-corrected chi connectivity index (χ3v) is 3.84. The summed E-state index contributed by atoms with van der Waals surface area (Å²) in [4.78, 5) is 23.6. The molecule has 0 bridgehead atoms. The van der Waals surface area contributed by atoms with Crippen LogP contribution in [0, 0.1) is 13.8 Å². The summed E-state index contributed by atoms with van der Waals surface area (Å²) >= 11 is 3.34. The number of carbonyl (C=O) groups is 2. The van der Waals surface area contributed by atoms with Gasteiger partial charge < -0.3 is 10.6 Å². The van der Waals surface area contributed by atoms with Gasteiger partial charge >= 0.3 is 6.03 Å². The predicted molar refractivity (Wildman–Crippen MR) is 95.7 cm³/mol. The minimum absolute atomic E-state index is 0.0159. The molecular formula is C17H18BrN3O2. The fourth-order valence-electron chi connectivity index (χ4n) is 1.90. The zero-order valence-corrected chi connectivity index (χ0v) is 14.5. The van der Waals surface area contributed by atoms with Crippen LogP contribution >= 0.6 is 15.9 Å². The number of benzene rings is 2. The van der Waals surface area contributed by atoms with E-state index in [0.717, 1.165) is 21.3 Å². The molecule has 5 nitrogen and oxygen atoms in total. The lowest BCUT2D eigenvalue weighted by Gasteiger charge is -2.09. The molecule has 120 valence electrons. The molecule has 2 aromatic carbocycles. The van der Waals surface area contributed by atoms with E-state index in [9.17, 15) is 9.59 Å². The lowest BCUT2D eigenvalue weighted by molar-refractivity contribution is -0.118. The van der Waals surface area contributed by atoms with Crippen molar-refractivity contribution in [1.82, 2.24) is 5.32 Å². The molecule has 0 fully saturated rings. The van der Waals surface area contributed by atoms with Crippen LogP contribution in [0.1, 0.15) is 11.1 Å². The highest BCUT2D eigenvalue weighted by molar-refractivity contribution is 9.10. The fourth-order valence-corrected chi connectivity index (χ4v) is 2.17. The van der Waals surface area contributed by atoms with Gasteiger partial charge in [0, 0.05) is 15.8 Å². The van der Waals surface area contributed by atoms with E-state index < -0.39 is 11.9 Å². The monoisotopic (exact) mass is 375 g/mol. The largest absolute Gasteiger partial charge is 0.376 e. The van der Waals surface area contributed by atoms with Gasteiger partial charge in [-0.15, -0.1) is 0 Å². The minimum Gasteiger partial charge on any atom is -0.376 e. The summed E-state index contributed by atoms with van der Waals surface area (Å²) in [5.41, 5.74) is 3.67. The normalized spacial score (nSPS) is 10.0. The number of aryl methyl sites for hydroxylation is 2. The summed E-state index contributed by atoms with van der Waals surface area (Å²) < 4.78 is 0.959. The van der Waals surface area contributed by atoms with Gasteiger partial charge in [0.15, 0.2) is 0 Å². The molecule has 0 atom stereocenters. The van der Waals surface area contributed by atoms with Crippen LogP contribution in [0.5, 0.6) is 0 Å². The van der Waals surface area contributed by atoms with Crippen LogP contribution in [0.4, 0.5) is 16.2 Å². The molecular weight excluding hydrogens is 358 g/mol. The number of urea groups is 1. The second-order valence-corrected chi connectivity index (χ2v) is 6.08. The van der Waals surface area contributed by atoms with E-state index in [1.54, 1.807) is 6.07 Å². The summed E-state index contributed by atoms with van der Waals surface area (Å²) in [5, 5.41) is 7.87. The Morgan fingerprint density at radius 1 is 0.957 bits per heavy atom. The van der Waals surface area contributed by atoms with Gasteiger partial charge in [0.25, 0.3) is 0 Å². The zero-order valence-electron chi connectivity index (χ0n) is 12.9. The van der Waals surface area contributed by atoms with Crippen molar-refractivity contribution in [3.05, 3.63) is 58.1 Å². The van der Waals surface area contributed by atoms with Crippen molar-refractivity contribution in [3.63, 3.8) is 0 Å². The van der Waals surface area contributed by atoms with Crippen LogP contribution in [0.3, 0.4) is 0 Å². The van der Waals surface area contributed by atoms with Gasteiger partial charge in [0.1, 0.15) is 0 Å². The number of anilines is 2. The Kier molecular flexibility index (Phi) is 5.76. The molecule has 0 aliphatic carbocycles. The first kappa shape index (κ1) is 17.0. The molecule has 0 spiro atoms.